The van der Waals surface area contributed by atoms with E-state index in [-0.39, 0.29) is 24.1 Å². The second kappa shape index (κ2) is 8.25. The second-order valence-corrected chi connectivity index (χ2v) is 6.91. The highest BCUT2D eigenvalue weighted by molar-refractivity contribution is 5.77. The normalized spacial score (nSPS) is 12.8. The number of aromatic nitrogens is 2. The summed E-state index contributed by atoms with van der Waals surface area (Å²) in [6.45, 7) is 5.40. The number of aliphatic hydroxyl groups excluding tert-OH is 1. The number of aliphatic hydroxyl groups is 1. The van der Waals surface area contributed by atoms with Crippen molar-refractivity contribution < 1.29 is 5.11 Å². The van der Waals surface area contributed by atoms with Crippen LogP contribution in [0.3, 0.4) is 0 Å². The Hall–Kier alpha value is -2.50. The van der Waals surface area contributed by atoms with Crippen LogP contribution in [-0.4, -0.2) is 32.6 Å². The number of hydrogen-bond acceptors (Lipinski definition) is 4. The zero-order valence-corrected chi connectivity index (χ0v) is 15.2. The van der Waals surface area contributed by atoms with Gasteiger partial charge in [-0.2, -0.15) is 0 Å². The zero-order chi connectivity index (χ0) is 18.5. The van der Waals surface area contributed by atoms with E-state index in [0.29, 0.717) is 29.8 Å². The van der Waals surface area contributed by atoms with Crippen molar-refractivity contribution in [2.24, 2.45) is 5.92 Å². The third kappa shape index (κ3) is 4.18. The van der Waals surface area contributed by atoms with Crippen molar-refractivity contribution in [3.8, 4) is 0 Å². The molecule has 0 fully saturated rings. The van der Waals surface area contributed by atoms with Crippen molar-refractivity contribution in [2.75, 3.05) is 6.61 Å². The molecule has 136 valence electrons. The molecule has 0 radical (unpaired) electrons. The zero-order valence-electron chi connectivity index (χ0n) is 15.2. The number of benzene rings is 2. The number of H-pyrrole nitrogens is 1. The van der Waals surface area contributed by atoms with Crippen molar-refractivity contribution >= 4 is 10.9 Å². The SMILES string of the molecule is CC(C)C(CO)N(Cc1ccccc1)Cc1nc2ccccc2c(=O)[nH]1. The van der Waals surface area contributed by atoms with E-state index in [2.05, 4.69) is 40.8 Å². The summed E-state index contributed by atoms with van der Waals surface area (Å²) in [5.74, 6) is 0.889. The van der Waals surface area contributed by atoms with Crippen LogP contribution in [0.2, 0.25) is 0 Å². The van der Waals surface area contributed by atoms with Crippen LogP contribution in [0.25, 0.3) is 10.9 Å². The molecule has 0 amide bonds. The lowest BCUT2D eigenvalue weighted by Gasteiger charge is -2.33. The van der Waals surface area contributed by atoms with Gasteiger partial charge in [-0.25, -0.2) is 4.98 Å². The molecule has 3 aromatic rings. The van der Waals surface area contributed by atoms with Gasteiger partial charge in [0.15, 0.2) is 0 Å². The van der Waals surface area contributed by atoms with Gasteiger partial charge in [-0.3, -0.25) is 9.69 Å². The molecule has 0 aliphatic rings. The van der Waals surface area contributed by atoms with Gasteiger partial charge in [0.25, 0.3) is 5.56 Å². The van der Waals surface area contributed by atoms with E-state index in [0.717, 1.165) is 5.56 Å². The van der Waals surface area contributed by atoms with Gasteiger partial charge in [-0.15, -0.1) is 0 Å². The third-order valence-corrected chi connectivity index (χ3v) is 4.67. The maximum absolute atomic E-state index is 12.3. The van der Waals surface area contributed by atoms with Crippen molar-refractivity contribution in [1.82, 2.24) is 14.9 Å². The van der Waals surface area contributed by atoms with Gasteiger partial charge in [0.05, 0.1) is 24.1 Å². The molecular formula is C21H25N3O2. The summed E-state index contributed by atoms with van der Waals surface area (Å²) in [4.78, 5) is 22.0. The maximum Gasteiger partial charge on any atom is 0.258 e. The molecule has 0 saturated carbocycles. The average molecular weight is 351 g/mol. The summed E-state index contributed by atoms with van der Waals surface area (Å²) < 4.78 is 0. The summed E-state index contributed by atoms with van der Waals surface area (Å²) >= 11 is 0. The quantitative estimate of drug-likeness (QED) is 0.687. The molecule has 0 aliphatic carbocycles. The van der Waals surface area contributed by atoms with Crippen LogP contribution in [0.4, 0.5) is 0 Å². The fourth-order valence-electron chi connectivity index (χ4n) is 3.26. The minimum atomic E-state index is -0.129. The topological polar surface area (TPSA) is 69.2 Å². The number of aromatic amines is 1. The van der Waals surface area contributed by atoms with E-state index in [9.17, 15) is 9.90 Å². The Balaban J connectivity index is 1.93. The Morgan fingerprint density at radius 1 is 1.04 bits per heavy atom. The molecule has 2 aromatic carbocycles. The molecule has 1 atom stereocenters. The highest BCUT2D eigenvalue weighted by atomic mass is 16.3. The van der Waals surface area contributed by atoms with Crippen molar-refractivity contribution in [3.63, 3.8) is 0 Å². The van der Waals surface area contributed by atoms with Gasteiger partial charge in [0.2, 0.25) is 0 Å². The fourth-order valence-corrected chi connectivity index (χ4v) is 3.26. The van der Waals surface area contributed by atoms with E-state index in [4.69, 9.17) is 0 Å². The molecule has 1 aromatic heterocycles. The predicted molar refractivity (Wildman–Crippen MR) is 104 cm³/mol. The Bertz CT molecular complexity index is 906. The molecule has 1 heterocycles. The predicted octanol–water partition coefficient (Wildman–Crippen LogP) is 2.94. The first-order valence-corrected chi connectivity index (χ1v) is 8.95. The first-order valence-electron chi connectivity index (χ1n) is 8.95. The smallest absolute Gasteiger partial charge is 0.258 e. The van der Waals surface area contributed by atoms with Crippen LogP contribution in [0, 0.1) is 5.92 Å². The number of rotatable bonds is 7. The first kappa shape index (κ1) is 18.3. The highest BCUT2D eigenvalue weighted by Gasteiger charge is 2.22. The van der Waals surface area contributed by atoms with Crippen molar-refractivity contribution in [2.45, 2.75) is 33.0 Å². The Morgan fingerprint density at radius 3 is 2.42 bits per heavy atom. The van der Waals surface area contributed by atoms with Gasteiger partial charge in [-0.05, 0) is 23.6 Å². The molecule has 3 rings (SSSR count). The van der Waals surface area contributed by atoms with Gasteiger partial charge < -0.3 is 10.1 Å². The number of nitrogens with one attached hydrogen (secondary N) is 1. The van der Waals surface area contributed by atoms with Crippen LogP contribution in [0.15, 0.2) is 59.4 Å². The molecule has 0 bridgehead atoms. The van der Waals surface area contributed by atoms with Crippen molar-refractivity contribution in [1.29, 1.82) is 0 Å². The minimum Gasteiger partial charge on any atom is -0.395 e. The van der Waals surface area contributed by atoms with Crippen LogP contribution in [-0.2, 0) is 13.1 Å². The Morgan fingerprint density at radius 2 is 1.73 bits per heavy atom. The lowest BCUT2D eigenvalue weighted by atomic mass is 10.0. The van der Waals surface area contributed by atoms with Crippen LogP contribution in [0.5, 0.6) is 0 Å². The minimum absolute atomic E-state index is 0.0213. The van der Waals surface area contributed by atoms with Gasteiger partial charge in [0, 0.05) is 12.6 Å². The van der Waals surface area contributed by atoms with Crippen molar-refractivity contribution in [3.05, 3.63) is 76.3 Å². The second-order valence-electron chi connectivity index (χ2n) is 6.91. The van der Waals surface area contributed by atoms with E-state index in [1.807, 2.05) is 36.4 Å². The molecule has 0 saturated heterocycles. The van der Waals surface area contributed by atoms with E-state index >= 15 is 0 Å². The molecule has 5 nitrogen and oxygen atoms in total. The highest BCUT2D eigenvalue weighted by Crippen LogP contribution is 2.17. The van der Waals surface area contributed by atoms with Crippen LogP contribution >= 0.6 is 0 Å². The van der Waals surface area contributed by atoms with Gasteiger partial charge >= 0.3 is 0 Å². The molecule has 26 heavy (non-hydrogen) atoms. The standard InChI is InChI=1S/C21H25N3O2/c1-15(2)19(14-25)24(12-16-8-4-3-5-9-16)13-20-22-18-11-7-6-10-17(18)21(26)23-20/h3-11,15,19,25H,12-14H2,1-2H3,(H,22,23,26). The summed E-state index contributed by atoms with van der Waals surface area (Å²) in [7, 11) is 0. The van der Waals surface area contributed by atoms with E-state index in [1.54, 1.807) is 6.07 Å². The number of fused-ring (bicyclic) bond motifs is 1. The average Bonchev–Trinajstić information content (AvgIpc) is 2.63. The maximum atomic E-state index is 12.3. The van der Waals surface area contributed by atoms with Crippen LogP contribution < -0.4 is 5.56 Å². The lowest BCUT2D eigenvalue weighted by molar-refractivity contribution is 0.0763. The largest absolute Gasteiger partial charge is 0.395 e. The molecule has 0 spiro atoms. The number of hydrogen-bond donors (Lipinski definition) is 2. The molecule has 1 unspecified atom stereocenters. The first-order chi connectivity index (χ1) is 12.6. The van der Waals surface area contributed by atoms with E-state index in [1.165, 1.54) is 0 Å². The molecular weight excluding hydrogens is 326 g/mol. The lowest BCUT2D eigenvalue weighted by Crippen LogP contribution is -2.41. The van der Waals surface area contributed by atoms with E-state index < -0.39 is 0 Å². The summed E-state index contributed by atoms with van der Waals surface area (Å²) in [6, 6.07) is 17.5. The van der Waals surface area contributed by atoms with Crippen LogP contribution in [0.1, 0.15) is 25.2 Å². The molecule has 0 aliphatic heterocycles. The Labute approximate surface area is 153 Å². The fraction of sp³-hybridized carbons (Fsp3) is 0.333. The monoisotopic (exact) mass is 351 g/mol. The van der Waals surface area contributed by atoms with Gasteiger partial charge in [-0.1, -0.05) is 56.3 Å². The number of para-hydroxylation sites is 1. The molecule has 5 heteroatoms. The van der Waals surface area contributed by atoms with Gasteiger partial charge in [0.1, 0.15) is 5.82 Å². The molecule has 2 N–H and O–H groups in total. The number of nitrogens with zero attached hydrogens (tertiary/aromatic N) is 2. The third-order valence-electron chi connectivity index (χ3n) is 4.67. The summed E-state index contributed by atoms with van der Waals surface area (Å²) in [6.07, 6.45) is 0. The summed E-state index contributed by atoms with van der Waals surface area (Å²) in [5.41, 5.74) is 1.72. The Kier molecular flexibility index (Phi) is 5.81. The summed E-state index contributed by atoms with van der Waals surface area (Å²) in [5, 5.41) is 10.5.